The minimum Gasteiger partial charge on any atom is -0.462 e. The van der Waals surface area contributed by atoms with Gasteiger partial charge in [0.05, 0.1) is 17.6 Å². The molecule has 0 saturated carbocycles. The number of hydrogen-bond donors (Lipinski definition) is 1. The largest absolute Gasteiger partial charge is 0.462 e. The van der Waals surface area contributed by atoms with Gasteiger partial charge in [-0.05, 0) is 46.6 Å². The molecule has 1 aromatic rings. The van der Waals surface area contributed by atoms with Crippen molar-refractivity contribution in [3.05, 3.63) is 46.9 Å². The van der Waals surface area contributed by atoms with Gasteiger partial charge >= 0.3 is 18.0 Å². The molecule has 35 heavy (non-hydrogen) atoms. The Morgan fingerprint density at radius 3 is 2.40 bits per heavy atom. The number of esters is 2. The Morgan fingerprint density at radius 2 is 1.80 bits per heavy atom. The summed E-state index contributed by atoms with van der Waals surface area (Å²) >= 11 is 1.08. The lowest BCUT2D eigenvalue weighted by atomic mass is 10.2. The summed E-state index contributed by atoms with van der Waals surface area (Å²) in [5, 5.41) is 2.55. The number of carbonyl (C=O) groups is 3. The Labute approximate surface area is 211 Å². The van der Waals surface area contributed by atoms with E-state index >= 15 is 0 Å². The van der Waals surface area contributed by atoms with Gasteiger partial charge in [-0.2, -0.15) is 0 Å². The average Bonchev–Trinajstić information content (AvgIpc) is 2.80. The Bertz CT molecular complexity index is 823. The summed E-state index contributed by atoms with van der Waals surface area (Å²) in [7, 11) is 1.52. The normalized spacial score (nSPS) is 13.5. The first kappa shape index (κ1) is 30.5. The van der Waals surface area contributed by atoms with Gasteiger partial charge in [0.1, 0.15) is 25.0 Å². The zero-order valence-corrected chi connectivity index (χ0v) is 22.1. The van der Waals surface area contributed by atoms with Gasteiger partial charge in [-0.25, -0.2) is 14.4 Å². The number of benzene rings is 1. The molecule has 196 valence electrons. The van der Waals surface area contributed by atoms with E-state index in [0.29, 0.717) is 11.3 Å². The number of methoxy groups -OCH3 is 1. The third-order valence-electron chi connectivity index (χ3n) is 4.18. The summed E-state index contributed by atoms with van der Waals surface area (Å²) in [6.45, 7) is 9.12. The highest BCUT2D eigenvalue weighted by molar-refractivity contribution is 8.04. The van der Waals surface area contributed by atoms with Crippen LogP contribution in [0.5, 0.6) is 0 Å². The van der Waals surface area contributed by atoms with Crippen LogP contribution in [0.2, 0.25) is 0 Å². The van der Waals surface area contributed by atoms with Crippen LogP contribution < -0.4 is 5.32 Å². The number of nitrogens with one attached hydrogen (secondary N) is 1. The van der Waals surface area contributed by atoms with Crippen molar-refractivity contribution >= 4 is 29.8 Å². The van der Waals surface area contributed by atoms with E-state index in [1.165, 1.54) is 7.11 Å². The maximum atomic E-state index is 12.8. The van der Waals surface area contributed by atoms with E-state index in [2.05, 4.69) is 5.32 Å². The highest BCUT2D eigenvalue weighted by atomic mass is 32.2. The third-order valence-corrected chi connectivity index (χ3v) is 5.33. The van der Waals surface area contributed by atoms with Gasteiger partial charge in [-0.15, -0.1) is 11.8 Å². The van der Waals surface area contributed by atoms with Crippen LogP contribution in [0.25, 0.3) is 0 Å². The molecule has 0 bridgehead atoms. The van der Waals surface area contributed by atoms with E-state index in [1.54, 1.807) is 33.8 Å². The molecule has 0 aliphatic heterocycles. The van der Waals surface area contributed by atoms with Crippen LogP contribution in [0.3, 0.4) is 0 Å². The lowest BCUT2D eigenvalue weighted by Crippen LogP contribution is -2.46. The molecule has 0 aromatic heterocycles. The zero-order chi connectivity index (χ0) is 26.3. The fraction of sp³-hybridized carbons (Fsp3) is 0.560. The van der Waals surface area contributed by atoms with Crippen molar-refractivity contribution in [3.8, 4) is 0 Å². The lowest BCUT2D eigenvalue weighted by molar-refractivity contribution is -0.156. The van der Waals surface area contributed by atoms with Gasteiger partial charge in [-0.3, -0.25) is 0 Å². The molecule has 0 unspecified atom stereocenters. The quantitative estimate of drug-likeness (QED) is 0.170. The lowest BCUT2D eigenvalue weighted by Gasteiger charge is -2.24. The standard InChI is InChI=1S/C25H37NO8S/c1-7-31-23(28)21(14-13-18(2)33-17-30-6)35-16-20(22(27)34-25(3,4)5)26-24(29)32-15-19-11-9-8-10-12-19/h8-12,14,18,20H,7,13,15-17H2,1-6H3,(H,26,29)/b21-14-/t18-,20-/m1/s1. The van der Waals surface area contributed by atoms with E-state index < -0.39 is 29.7 Å². The molecule has 1 aromatic carbocycles. The Morgan fingerprint density at radius 1 is 1.11 bits per heavy atom. The molecular weight excluding hydrogens is 474 g/mol. The number of amides is 1. The summed E-state index contributed by atoms with van der Waals surface area (Å²) in [5.41, 5.74) is 0.0481. The van der Waals surface area contributed by atoms with Crippen molar-refractivity contribution in [1.29, 1.82) is 0 Å². The SMILES string of the molecule is CCOC(=O)/C(=C/C[C@@H](C)OCOC)SC[C@@H](NC(=O)OCc1ccccc1)C(=O)OC(C)(C)C. The van der Waals surface area contributed by atoms with Crippen LogP contribution in [-0.2, 0) is 39.9 Å². The molecule has 0 radical (unpaired) electrons. The third kappa shape index (κ3) is 13.8. The first-order chi connectivity index (χ1) is 16.6. The molecule has 10 heteroatoms. The van der Waals surface area contributed by atoms with Gasteiger partial charge in [0.15, 0.2) is 0 Å². The van der Waals surface area contributed by atoms with Gasteiger partial charge in [-0.1, -0.05) is 36.4 Å². The minimum absolute atomic E-state index is 0.0350. The summed E-state index contributed by atoms with van der Waals surface area (Å²) in [4.78, 5) is 38.0. The number of ether oxygens (including phenoxy) is 5. The van der Waals surface area contributed by atoms with E-state index in [9.17, 15) is 14.4 Å². The van der Waals surface area contributed by atoms with E-state index in [-0.39, 0.29) is 31.9 Å². The Hall–Kier alpha value is -2.56. The second kappa shape index (κ2) is 16.2. The summed E-state index contributed by atoms with van der Waals surface area (Å²) in [6, 6.07) is 8.12. The first-order valence-electron chi connectivity index (χ1n) is 11.4. The van der Waals surface area contributed by atoms with Crippen molar-refractivity contribution in [2.75, 3.05) is 26.3 Å². The second-order valence-corrected chi connectivity index (χ2v) is 9.57. The number of rotatable bonds is 14. The van der Waals surface area contributed by atoms with Gasteiger partial charge in [0, 0.05) is 12.9 Å². The molecule has 0 fully saturated rings. The fourth-order valence-corrected chi connectivity index (χ4v) is 3.51. The number of alkyl carbamates (subject to hydrolysis) is 1. The molecule has 1 amide bonds. The fourth-order valence-electron chi connectivity index (χ4n) is 2.55. The molecule has 0 spiro atoms. The molecule has 9 nitrogen and oxygen atoms in total. The predicted molar refractivity (Wildman–Crippen MR) is 134 cm³/mol. The Balaban J connectivity index is 2.89. The monoisotopic (exact) mass is 511 g/mol. The summed E-state index contributed by atoms with van der Waals surface area (Å²) in [6.07, 6.45) is 1.14. The molecule has 0 aliphatic carbocycles. The van der Waals surface area contributed by atoms with Crippen LogP contribution in [0.15, 0.2) is 41.3 Å². The molecule has 0 heterocycles. The smallest absolute Gasteiger partial charge is 0.408 e. The molecule has 1 N–H and O–H groups in total. The first-order valence-corrected chi connectivity index (χ1v) is 12.3. The number of carbonyl (C=O) groups excluding carboxylic acids is 3. The van der Waals surface area contributed by atoms with Gasteiger partial charge in [0.2, 0.25) is 0 Å². The second-order valence-electron chi connectivity index (χ2n) is 8.51. The number of thioether (sulfide) groups is 1. The highest BCUT2D eigenvalue weighted by Gasteiger charge is 2.28. The average molecular weight is 512 g/mol. The van der Waals surface area contributed by atoms with Crippen molar-refractivity contribution in [1.82, 2.24) is 5.32 Å². The van der Waals surface area contributed by atoms with Crippen LogP contribution in [0.1, 0.15) is 46.6 Å². The summed E-state index contributed by atoms with van der Waals surface area (Å²) in [5.74, 6) is -1.12. The summed E-state index contributed by atoms with van der Waals surface area (Å²) < 4.78 is 26.2. The molecular formula is C25H37NO8S. The van der Waals surface area contributed by atoms with Crippen molar-refractivity contribution in [2.24, 2.45) is 0 Å². The van der Waals surface area contributed by atoms with Crippen LogP contribution in [0, 0.1) is 0 Å². The van der Waals surface area contributed by atoms with E-state index in [0.717, 1.165) is 17.3 Å². The Kier molecular flexibility index (Phi) is 14.1. The highest BCUT2D eigenvalue weighted by Crippen LogP contribution is 2.22. The van der Waals surface area contributed by atoms with Crippen LogP contribution >= 0.6 is 11.8 Å². The van der Waals surface area contributed by atoms with Crippen LogP contribution in [0.4, 0.5) is 4.79 Å². The van der Waals surface area contributed by atoms with E-state index in [4.69, 9.17) is 23.7 Å². The maximum absolute atomic E-state index is 12.8. The topological polar surface area (TPSA) is 109 Å². The molecule has 0 aliphatic rings. The number of hydrogen-bond acceptors (Lipinski definition) is 9. The van der Waals surface area contributed by atoms with Crippen molar-refractivity contribution in [2.45, 2.75) is 65.4 Å². The van der Waals surface area contributed by atoms with Gasteiger partial charge < -0.3 is 29.0 Å². The molecule has 1 rings (SSSR count). The van der Waals surface area contributed by atoms with Crippen molar-refractivity contribution in [3.63, 3.8) is 0 Å². The zero-order valence-electron chi connectivity index (χ0n) is 21.3. The van der Waals surface area contributed by atoms with E-state index in [1.807, 2.05) is 37.3 Å². The van der Waals surface area contributed by atoms with Gasteiger partial charge in [0.25, 0.3) is 0 Å². The molecule has 2 atom stereocenters. The molecule has 0 saturated heterocycles. The van der Waals surface area contributed by atoms with Crippen LogP contribution in [-0.4, -0.2) is 62.0 Å². The maximum Gasteiger partial charge on any atom is 0.408 e. The minimum atomic E-state index is -1.05. The van der Waals surface area contributed by atoms with Crippen molar-refractivity contribution < 1.29 is 38.1 Å². The predicted octanol–water partition coefficient (Wildman–Crippen LogP) is 4.20.